The van der Waals surface area contributed by atoms with Gasteiger partial charge in [0.05, 0.1) is 6.10 Å². The summed E-state index contributed by atoms with van der Waals surface area (Å²) in [4.78, 5) is 0. The van der Waals surface area contributed by atoms with Gasteiger partial charge in [0, 0.05) is 19.8 Å². The molecule has 0 bridgehead atoms. The van der Waals surface area contributed by atoms with Gasteiger partial charge < -0.3 is 20.5 Å². The molecule has 1 fully saturated rings. The third-order valence-electron chi connectivity index (χ3n) is 2.83. The van der Waals surface area contributed by atoms with Crippen LogP contribution >= 0.6 is 11.5 Å². The Morgan fingerprint density at radius 2 is 2.26 bits per heavy atom. The van der Waals surface area contributed by atoms with Gasteiger partial charge in [-0.15, -0.1) is 0 Å². The van der Waals surface area contributed by atoms with Gasteiger partial charge in [-0.25, -0.2) is 0 Å². The predicted molar refractivity (Wildman–Crippen MR) is 78.9 cm³/mol. The largest absolute Gasteiger partial charge is 0.484 e. The molecule has 0 aromatic carbocycles. The van der Waals surface area contributed by atoms with Crippen molar-refractivity contribution >= 4 is 22.4 Å². The molecule has 19 heavy (non-hydrogen) atoms. The second kappa shape index (κ2) is 6.96. The van der Waals surface area contributed by atoms with Gasteiger partial charge in [-0.1, -0.05) is 0 Å². The third kappa shape index (κ3) is 4.87. The average Bonchev–Trinajstić information content (AvgIpc) is 3.12. The molecule has 0 spiro atoms. The summed E-state index contributed by atoms with van der Waals surface area (Å²) in [6, 6.07) is 0. The molecule has 6 heteroatoms. The van der Waals surface area contributed by atoms with E-state index in [1.807, 2.05) is 13.8 Å². The summed E-state index contributed by atoms with van der Waals surface area (Å²) >= 11 is 1.34. The van der Waals surface area contributed by atoms with E-state index in [1.54, 1.807) is 0 Å². The lowest BCUT2D eigenvalue weighted by molar-refractivity contribution is 0.124. The zero-order valence-corrected chi connectivity index (χ0v) is 12.5. The van der Waals surface area contributed by atoms with Crippen molar-refractivity contribution in [2.24, 2.45) is 5.92 Å². The summed E-state index contributed by atoms with van der Waals surface area (Å²) in [5.74, 6) is 1.98. The smallest absolute Gasteiger partial charge is 0.197 e. The number of nitrogens with one attached hydrogen (secondary N) is 1. The molecule has 1 aliphatic carbocycles. The summed E-state index contributed by atoms with van der Waals surface area (Å²) in [5.41, 5.74) is 5.79. The molecule has 5 nitrogen and oxygen atoms in total. The first-order chi connectivity index (χ1) is 9.16. The number of nitrogens with zero attached hydrogens (tertiary/aromatic N) is 1. The fourth-order valence-electron chi connectivity index (χ4n) is 1.67. The number of nitrogen functional groups attached to an aromatic ring is 1. The molecule has 1 heterocycles. The number of hydrogen-bond donors (Lipinski definition) is 2. The van der Waals surface area contributed by atoms with Gasteiger partial charge in [-0.05, 0) is 50.6 Å². The van der Waals surface area contributed by atoms with E-state index in [0.717, 1.165) is 37.1 Å². The fraction of sp³-hybridized carbons (Fsp3) is 0.769. The molecule has 3 N–H and O–H groups in total. The molecule has 0 aliphatic heterocycles. The molecule has 2 rings (SSSR count). The van der Waals surface area contributed by atoms with Gasteiger partial charge in [-0.2, -0.15) is 4.37 Å². The van der Waals surface area contributed by atoms with Crippen molar-refractivity contribution in [3.8, 4) is 5.75 Å². The first-order valence-electron chi connectivity index (χ1n) is 6.90. The normalized spacial score (nSPS) is 14.9. The quantitative estimate of drug-likeness (QED) is 0.683. The van der Waals surface area contributed by atoms with E-state index in [9.17, 15) is 0 Å². The lowest BCUT2D eigenvalue weighted by atomic mass is 10.4. The summed E-state index contributed by atoms with van der Waals surface area (Å²) in [6.45, 7) is 6.54. The minimum absolute atomic E-state index is 0.0983. The Kier molecular flexibility index (Phi) is 5.27. The standard InChI is InChI=1S/C13H23N3O2S/c1-9(2)18-11-12(14)16-19-13(11)15-6-3-7-17-8-10-4-5-10/h9-10,15H,3-8H2,1-2H3,(H2,14,16). The van der Waals surface area contributed by atoms with Crippen molar-refractivity contribution in [3.63, 3.8) is 0 Å². The number of aromatic nitrogens is 1. The van der Waals surface area contributed by atoms with E-state index in [1.165, 1.54) is 24.4 Å². The first kappa shape index (κ1) is 14.4. The molecule has 0 amide bonds. The van der Waals surface area contributed by atoms with Gasteiger partial charge in [0.25, 0.3) is 0 Å². The van der Waals surface area contributed by atoms with Crippen molar-refractivity contribution < 1.29 is 9.47 Å². The highest BCUT2D eigenvalue weighted by atomic mass is 32.1. The fourth-order valence-corrected chi connectivity index (χ4v) is 2.34. The van der Waals surface area contributed by atoms with Crippen LogP contribution in [0.15, 0.2) is 0 Å². The molecule has 0 saturated heterocycles. The molecular weight excluding hydrogens is 262 g/mol. The molecule has 0 radical (unpaired) electrons. The molecule has 1 aliphatic rings. The number of hydrogen-bond acceptors (Lipinski definition) is 6. The van der Waals surface area contributed by atoms with E-state index in [0.29, 0.717) is 11.6 Å². The summed E-state index contributed by atoms with van der Waals surface area (Å²) in [7, 11) is 0. The summed E-state index contributed by atoms with van der Waals surface area (Å²) in [5, 5.41) is 4.22. The van der Waals surface area contributed by atoms with Gasteiger partial charge in [0.2, 0.25) is 0 Å². The SMILES string of the molecule is CC(C)Oc1c(N)nsc1NCCCOCC1CC1. The maximum atomic E-state index is 5.79. The molecule has 1 saturated carbocycles. The maximum Gasteiger partial charge on any atom is 0.197 e. The number of nitrogens with two attached hydrogens (primary N) is 1. The van der Waals surface area contributed by atoms with Crippen LogP contribution in [0.1, 0.15) is 33.1 Å². The van der Waals surface area contributed by atoms with Gasteiger partial charge in [-0.3, -0.25) is 0 Å². The van der Waals surface area contributed by atoms with Crippen LogP contribution in [0.2, 0.25) is 0 Å². The van der Waals surface area contributed by atoms with Crippen molar-refractivity contribution in [2.45, 2.75) is 39.2 Å². The average molecular weight is 285 g/mol. The van der Waals surface area contributed by atoms with Crippen LogP contribution in [0.5, 0.6) is 5.75 Å². The Morgan fingerprint density at radius 3 is 2.95 bits per heavy atom. The van der Waals surface area contributed by atoms with Crippen LogP contribution in [0.4, 0.5) is 10.8 Å². The Morgan fingerprint density at radius 1 is 1.47 bits per heavy atom. The Bertz CT molecular complexity index is 391. The Hall–Kier alpha value is -1.01. The first-order valence-corrected chi connectivity index (χ1v) is 7.67. The number of anilines is 2. The zero-order valence-electron chi connectivity index (χ0n) is 11.6. The molecule has 1 aromatic rings. The number of ether oxygens (including phenoxy) is 2. The highest BCUT2D eigenvalue weighted by Gasteiger charge is 2.20. The van der Waals surface area contributed by atoms with Crippen molar-refractivity contribution in [3.05, 3.63) is 0 Å². The molecule has 108 valence electrons. The van der Waals surface area contributed by atoms with E-state index in [4.69, 9.17) is 15.2 Å². The summed E-state index contributed by atoms with van der Waals surface area (Å²) < 4.78 is 15.4. The molecule has 0 atom stereocenters. The van der Waals surface area contributed by atoms with Gasteiger partial charge in [0.1, 0.15) is 0 Å². The van der Waals surface area contributed by atoms with E-state index in [2.05, 4.69) is 9.69 Å². The van der Waals surface area contributed by atoms with E-state index in [-0.39, 0.29) is 6.10 Å². The van der Waals surface area contributed by atoms with E-state index >= 15 is 0 Å². The van der Waals surface area contributed by atoms with Crippen LogP contribution in [-0.2, 0) is 4.74 Å². The van der Waals surface area contributed by atoms with Gasteiger partial charge in [0.15, 0.2) is 16.6 Å². The second-order valence-electron chi connectivity index (χ2n) is 5.19. The number of rotatable bonds is 9. The van der Waals surface area contributed by atoms with Crippen LogP contribution in [0, 0.1) is 5.92 Å². The van der Waals surface area contributed by atoms with Crippen LogP contribution in [-0.4, -0.2) is 30.2 Å². The summed E-state index contributed by atoms with van der Waals surface area (Å²) in [6.07, 6.45) is 3.76. The van der Waals surface area contributed by atoms with Crippen LogP contribution in [0.25, 0.3) is 0 Å². The predicted octanol–water partition coefficient (Wildman–Crippen LogP) is 2.74. The molecule has 0 unspecified atom stereocenters. The van der Waals surface area contributed by atoms with Crippen molar-refractivity contribution in [2.75, 3.05) is 30.8 Å². The van der Waals surface area contributed by atoms with Crippen LogP contribution in [0.3, 0.4) is 0 Å². The lowest BCUT2D eigenvalue weighted by Crippen LogP contribution is -2.10. The lowest BCUT2D eigenvalue weighted by Gasteiger charge is -2.11. The maximum absolute atomic E-state index is 5.79. The van der Waals surface area contributed by atoms with Crippen LogP contribution < -0.4 is 15.8 Å². The monoisotopic (exact) mass is 285 g/mol. The minimum atomic E-state index is 0.0983. The Labute approximate surface area is 118 Å². The highest BCUT2D eigenvalue weighted by Crippen LogP contribution is 2.35. The van der Waals surface area contributed by atoms with Crippen molar-refractivity contribution in [1.82, 2.24) is 4.37 Å². The minimum Gasteiger partial charge on any atom is -0.484 e. The van der Waals surface area contributed by atoms with Gasteiger partial charge >= 0.3 is 0 Å². The third-order valence-corrected chi connectivity index (χ3v) is 3.63. The second-order valence-corrected chi connectivity index (χ2v) is 5.96. The Balaban J connectivity index is 1.66. The topological polar surface area (TPSA) is 69.4 Å². The molecular formula is C13H23N3O2S. The molecule has 1 aromatic heterocycles. The van der Waals surface area contributed by atoms with Crippen molar-refractivity contribution in [1.29, 1.82) is 0 Å². The van der Waals surface area contributed by atoms with E-state index < -0.39 is 0 Å². The highest BCUT2D eigenvalue weighted by molar-refractivity contribution is 7.11. The zero-order chi connectivity index (χ0) is 13.7.